The maximum absolute atomic E-state index is 12.7. The summed E-state index contributed by atoms with van der Waals surface area (Å²) in [6, 6.07) is 1.69. The van der Waals surface area contributed by atoms with E-state index in [1.165, 1.54) is 0 Å². The highest BCUT2D eigenvalue weighted by molar-refractivity contribution is 14.1. The molecule has 0 amide bonds. The summed E-state index contributed by atoms with van der Waals surface area (Å²) in [7, 11) is 0. The molecule has 0 fully saturated rings. The first-order valence-electron chi connectivity index (χ1n) is 4.56. The summed E-state index contributed by atoms with van der Waals surface area (Å²) in [5.41, 5.74) is -1.16. The number of pyridine rings is 1. The number of carbonyl (C=O) groups is 1. The quantitative estimate of drug-likeness (QED) is 0.477. The predicted molar refractivity (Wildman–Crippen MR) is 62.6 cm³/mol. The second-order valence-corrected chi connectivity index (χ2v) is 3.91. The lowest BCUT2D eigenvalue weighted by atomic mass is 10.1. The van der Waals surface area contributed by atoms with Gasteiger partial charge in [0.15, 0.2) is 0 Å². The van der Waals surface area contributed by atoms with Crippen LogP contribution in [-0.4, -0.2) is 17.6 Å². The normalized spacial score (nSPS) is 10.1. The highest BCUT2D eigenvalue weighted by Crippen LogP contribution is 2.27. The Hall–Kier alpha value is -1.30. The van der Waals surface area contributed by atoms with Crippen molar-refractivity contribution in [2.45, 2.75) is 13.3 Å². The zero-order chi connectivity index (χ0) is 13.0. The summed E-state index contributed by atoms with van der Waals surface area (Å²) >= 11 is 1.70. The van der Waals surface area contributed by atoms with E-state index in [1.54, 1.807) is 35.6 Å². The predicted octanol–water partition coefficient (Wildman–Crippen LogP) is 2.67. The molecule has 17 heavy (non-hydrogen) atoms. The number of aromatic nitrogens is 1. The van der Waals surface area contributed by atoms with Gasteiger partial charge in [0.25, 0.3) is 6.43 Å². The topological polar surface area (TPSA) is 63.0 Å². The number of alkyl halides is 2. The minimum Gasteiger partial charge on any atom is -0.462 e. The van der Waals surface area contributed by atoms with E-state index in [-0.39, 0.29) is 15.9 Å². The Morgan fingerprint density at radius 1 is 1.71 bits per heavy atom. The SMILES string of the molecule is CCOC(=O)c1c(C(F)F)cnc(I)c1C#N. The van der Waals surface area contributed by atoms with Crippen LogP contribution in [0.1, 0.15) is 34.8 Å². The van der Waals surface area contributed by atoms with Crippen LogP contribution >= 0.6 is 22.6 Å². The molecular weight excluding hydrogens is 345 g/mol. The summed E-state index contributed by atoms with van der Waals surface area (Å²) in [6.07, 6.45) is -1.99. The van der Waals surface area contributed by atoms with E-state index in [0.717, 1.165) is 6.20 Å². The average molecular weight is 352 g/mol. The average Bonchev–Trinajstić information content (AvgIpc) is 2.28. The summed E-state index contributed by atoms with van der Waals surface area (Å²) in [5.74, 6) is -0.931. The van der Waals surface area contributed by atoms with Crippen molar-refractivity contribution in [2.75, 3.05) is 6.61 Å². The Morgan fingerprint density at radius 3 is 2.82 bits per heavy atom. The van der Waals surface area contributed by atoms with Crippen molar-refractivity contribution in [1.82, 2.24) is 4.98 Å². The van der Waals surface area contributed by atoms with Crippen molar-refractivity contribution >= 4 is 28.6 Å². The van der Waals surface area contributed by atoms with Crippen molar-refractivity contribution in [3.63, 3.8) is 0 Å². The molecule has 0 atom stereocenters. The molecule has 0 aliphatic carbocycles. The lowest BCUT2D eigenvalue weighted by molar-refractivity contribution is 0.0514. The standard InChI is InChI=1S/C10H7F2IN2O2/c1-2-17-10(16)7-5(3-14)9(13)15-4-6(7)8(11)12/h4,8H,2H2,1H3. The van der Waals surface area contributed by atoms with Crippen molar-refractivity contribution in [2.24, 2.45) is 0 Å². The Kier molecular flexibility index (Phi) is 4.74. The van der Waals surface area contributed by atoms with Gasteiger partial charge in [0.1, 0.15) is 9.77 Å². The Bertz CT molecular complexity index is 486. The zero-order valence-corrected chi connectivity index (χ0v) is 10.9. The van der Waals surface area contributed by atoms with Gasteiger partial charge in [-0.05, 0) is 29.5 Å². The first-order chi connectivity index (χ1) is 8.02. The van der Waals surface area contributed by atoms with Crippen LogP contribution in [-0.2, 0) is 4.74 Å². The number of ether oxygens (including phenoxy) is 1. The fraction of sp³-hybridized carbons (Fsp3) is 0.300. The monoisotopic (exact) mass is 352 g/mol. The van der Waals surface area contributed by atoms with Crippen molar-refractivity contribution in [3.05, 3.63) is 26.6 Å². The molecule has 0 aliphatic heterocycles. The molecule has 0 N–H and O–H groups in total. The largest absolute Gasteiger partial charge is 0.462 e. The van der Waals surface area contributed by atoms with E-state index in [0.29, 0.717) is 0 Å². The van der Waals surface area contributed by atoms with Gasteiger partial charge in [0.05, 0.1) is 23.3 Å². The van der Waals surface area contributed by atoms with Gasteiger partial charge in [-0.3, -0.25) is 0 Å². The third-order valence-electron chi connectivity index (χ3n) is 1.89. The van der Waals surface area contributed by atoms with Crippen LogP contribution in [0.3, 0.4) is 0 Å². The van der Waals surface area contributed by atoms with Crippen LogP contribution in [0.25, 0.3) is 0 Å². The summed E-state index contributed by atoms with van der Waals surface area (Å²) in [5, 5.41) is 8.88. The highest BCUT2D eigenvalue weighted by Gasteiger charge is 2.25. The molecule has 4 nitrogen and oxygen atoms in total. The van der Waals surface area contributed by atoms with Crippen LogP contribution in [0.5, 0.6) is 0 Å². The molecule has 1 rings (SSSR count). The van der Waals surface area contributed by atoms with Gasteiger partial charge in [-0.2, -0.15) is 5.26 Å². The molecule has 0 spiro atoms. The van der Waals surface area contributed by atoms with E-state index in [1.807, 2.05) is 0 Å². The molecule has 0 saturated heterocycles. The molecule has 0 aromatic carbocycles. The van der Waals surface area contributed by atoms with Crippen LogP contribution in [0.15, 0.2) is 6.20 Å². The van der Waals surface area contributed by atoms with E-state index in [2.05, 4.69) is 9.72 Å². The van der Waals surface area contributed by atoms with Crippen LogP contribution in [0.2, 0.25) is 0 Å². The van der Waals surface area contributed by atoms with E-state index >= 15 is 0 Å². The van der Waals surface area contributed by atoms with Gasteiger partial charge in [-0.25, -0.2) is 18.6 Å². The van der Waals surface area contributed by atoms with Gasteiger partial charge < -0.3 is 4.74 Å². The van der Waals surface area contributed by atoms with Crippen LogP contribution < -0.4 is 0 Å². The number of esters is 1. The van der Waals surface area contributed by atoms with Gasteiger partial charge in [0, 0.05) is 6.20 Å². The Morgan fingerprint density at radius 2 is 2.35 bits per heavy atom. The molecule has 0 aliphatic rings. The minimum absolute atomic E-state index is 0.0469. The zero-order valence-electron chi connectivity index (χ0n) is 8.71. The number of nitriles is 1. The molecule has 90 valence electrons. The third kappa shape index (κ3) is 2.88. The maximum atomic E-state index is 12.7. The summed E-state index contributed by atoms with van der Waals surface area (Å²) < 4.78 is 30.3. The number of rotatable bonds is 3. The van der Waals surface area contributed by atoms with E-state index in [9.17, 15) is 13.6 Å². The van der Waals surface area contributed by atoms with Gasteiger partial charge in [-0.1, -0.05) is 0 Å². The molecule has 0 radical (unpaired) electrons. The van der Waals surface area contributed by atoms with E-state index in [4.69, 9.17) is 5.26 Å². The highest BCUT2D eigenvalue weighted by atomic mass is 127. The first kappa shape index (κ1) is 13.8. The molecule has 1 aromatic heterocycles. The van der Waals surface area contributed by atoms with Gasteiger partial charge in [0.2, 0.25) is 0 Å². The molecule has 0 unspecified atom stereocenters. The first-order valence-corrected chi connectivity index (χ1v) is 5.64. The molecule has 7 heteroatoms. The lowest BCUT2D eigenvalue weighted by Gasteiger charge is -2.10. The van der Waals surface area contributed by atoms with E-state index < -0.39 is 23.5 Å². The lowest BCUT2D eigenvalue weighted by Crippen LogP contribution is -2.13. The molecule has 0 bridgehead atoms. The van der Waals surface area contributed by atoms with Gasteiger partial charge in [-0.15, -0.1) is 0 Å². The number of nitrogens with zero attached hydrogens (tertiary/aromatic N) is 2. The number of carbonyl (C=O) groups excluding carboxylic acids is 1. The fourth-order valence-corrected chi connectivity index (χ4v) is 1.72. The summed E-state index contributed by atoms with van der Waals surface area (Å²) in [6.45, 7) is 1.60. The summed E-state index contributed by atoms with van der Waals surface area (Å²) in [4.78, 5) is 15.2. The van der Waals surface area contributed by atoms with Crippen molar-refractivity contribution < 1.29 is 18.3 Å². The van der Waals surface area contributed by atoms with Crippen LogP contribution in [0, 0.1) is 15.0 Å². The smallest absolute Gasteiger partial charge is 0.340 e. The second kappa shape index (κ2) is 5.86. The molecule has 1 aromatic rings. The van der Waals surface area contributed by atoms with Gasteiger partial charge >= 0.3 is 5.97 Å². The number of hydrogen-bond donors (Lipinski definition) is 0. The number of halogens is 3. The Balaban J connectivity index is 3.45. The van der Waals surface area contributed by atoms with Crippen molar-refractivity contribution in [3.8, 4) is 6.07 Å². The minimum atomic E-state index is -2.88. The molecular formula is C10H7F2IN2O2. The molecule has 0 saturated carbocycles. The number of hydrogen-bond acceptors (Lipinski definition) is 4. The molecule has 1 heterocycles. The Labute approximate surface area is 110 Å². The maximum Gasteiger partial charge on any atom is 0.340 e. The fourth-order valence-electron chi connectivity index (χ4n) is 1.19. The second-order valence-electron chi connectivity index (χ2n) is 2.89. The van der Waals surface area contributed by atoms with Crippen LogP contribution in [0.4, 0.5) is 8.78 Å². The van der Waals surface area contributed by atoms with Crippen molar-refractivity contribution in [1.29, 1.82) is 5.26 Å². The third-order valence-corrected chi connectivity index (χ3v) is 2.71.